The van der Waals surface area contributed by atoms with Crippen molar-refractivity contribution in [3.63, 3.8) is 0 Å². The quantitative estimate of drug-likeness (QED) is 0.832. The van der Waals surface area contributed by atoms with Crippen molar-refractivity contribution in [1.82, 2.24) is 14.9 Å². The summed E-state index contributed by atoms with van der Waals surface area (Å²) in [4.78, 5) is 22.5. The van der Waals surface area contributed by atoms with E-state index in [1.807, 2.05) is 23.2 Å². The first kappa shape index (κ1) is 11.3. The lowest BCUT2D eigenvalue weighted by molar-refractivity contribution is 0.0730. The van der Waals surface area contributed by atoms with E-state index < -0.39 is 0 Å². The summed E-state index contributed by atoms with van der Waals surface area (Å²) in [5.41, 5.74) is 3.36. The van der Waals surface area contributed by atoms with E-state index in [0.29, 0.717) is 5.69 Å². The van der Waals surface area contributed by atoms with Crippen molar-refractivity contribution in [2.75, 3.05) is 6.54 Å². The standard InChI is InChI=1S/C13H13N3OS/c17-13(11-8-18-9-15-11)16-6-2-4-12(16)10-3-1-5-14-7-10/h1,3,5,7-9,12H,2,4,6H2. The number of thiazole rings is 1. The number of aromatic nitrogens is 2. The van der Waals surface area contributed by atoms with Gasteiger partial charge >= 0.3 is 0 Å². The number of hydrogen-bond donors (Lipinski definition) is 0. The molecule has 1 saturated heterocycles. The van der Waals surface area contributed by atoms with Crippen molar-refractivity contribution in [3.8, 4) is 0 Å². The molecule has 92 valence electrons. The van der Waals surface area contributed by atoms with E-state index in [0.717, 1.165) is 24.9 Å². The first-order valence-electron chi connectivity index (χ1n) is 5.95. The van der Waals surface area contributed by atoms with Crippen molar-refractivity contribution in [2.24, 2.45) is 0 Å². The molecule has 0 saturated carbocycles. The van der Waals surface area contributed by atoms with Crippen LogP contribution in [-0.2, 0) is 0 Å². The van der Waals surface area contributed by atoms with Gasteiger partial charge in [-0.1, -0.05) is 6.07 Å². The lowest BCUT2D eigenvalue weighted by atomic mass is 10.1. The maximum absolute atomic E-state index is 12.3. The van der Waals surface area contributed by atoms with Gasteiger partial charge in [0.1, 0.15) is 5.69 Å². The highest BCUT2D eigenvalue weighted by atomic mass is 32.1. The average Bonchev–Trinajstić information content (AvgIpc) is 3.10. The molecule has 0 aliphatic carbocycles. The predicted molar refractivity (Wildman–Crippen MR) is 69.4 cm³/mol. The molecule has 18 heavy (non-hydrogen) atoms. The molecule has 1 fully saturated rings. The molecular formula is C13H13N3OS. The van der Waals surface area contributed by atoms with Crippen LogP contribution in [0.1, 0.15) is 34.9 Å². The van der Waals surface area contributed by atoms with E-state index in [1.54, 1.807) is 17.1 Å². The molecular weight excluding hydrogens is 246 g/mol. The van der Waals surface area contributed by atoms with Crippen molar-refractivity contribution >= 4 is 17.2 Å². The van der Waals surface area contributed by atoms with Gasteiger partial charge in [-0.25, -0.2) is 4.98 Å². The molecule has 3 heterocycles. The van der Waals surface area contributed by atoms with Gasteiger partial charge in [-0.2, -0.15) is 0 Å². The molecule has 1 amide bonds. The van der Waals surface area contributed by atoms with Crippen LogP contribution < -0.4 is 0 Å². The second-order valence-electron chi connectivity index (χ2n) is 4.32. The van der Waals surface area contributed by atoms with E-state index in [2.05, 4.69) is 9.97 Å². The van der Waals surface area contributed by atoms with E-state index in [9.17, 15) is 4.79 Å². The Morgan fingerprint density at radius 1 is 1.50 bits per heavy atom. The molecule has 2 aromatic heterocycles. The minimum atomic E-state index is 0.0302. The SMILES string of the molecule is O=C(c1cscn1)N1CCCC1c1cccnc1. The van der Waals surface area contributed by atoms with Gasteiger partial charge < -0.3 is 4.90 Å². The van der Waals surface area contributed by atoms with E-state index >= 15 is 0 Å². The molecule has 1 unspecified atom stereocenters. The lowest BCUT2D eigenvalue weighted by Crippen LogP contribution is -2.30. The van der Waals surface area contributed by atoms with Gasteiger partial charge in [0.25, 0.3) is 5.91 Å². The summed E-state index contributed by atoms with van der Waals surface area (Å²) >= 11 is 1.45. The van der Waals surface area contributed by atoms with Crippen LogP contribution in [0.25, 0.3) is 0 Å². The third-order valence-corrected chi connectivity index (χ3v) is 3.82. The number of pyridine rings is 1. The Kier molecular flexibility index (Phi) is 3.06. The van der Waals surface area contributed by atoms with Crippen LogP contribution in [0.5, 0.6) is 0 Å². The van der Waals surface area contributed by atoms with Crippen LogP contribution in [0.15, 0.2) is 35.4 Å². The van der Waals surface area contributed by atoms with Crippen molar-refractivity contribution in [1.29, 1.82) is 0 Å². The number of likely N-dealkylation sites (tertiary alicyclic amines) is 1. The van der Waals surface area contributed by atoms with Gasteiger partial charge in [-0.05, 0) is 24.5 Å². The van der Waals surface area contributed by atoms with Crippen LogP contribution in [0.2, 0.25) is 0 Å². The number of amides is 1. The summed E-state index contributed by atoms with van der Waals surface area (Å²) in [6.07, 6.45) is 5.64. The van der Waals surface area contributed by atoms with Crippen LogP contribution >= 0.6 is 11.3 Å². The Bertz CT molecular complexity index is 526. The van der Waals surface area contributed by atoms with Crippen LogP contribution in [0.4, 0.5) is 0 Å². The molecule has 1 aliphatic heterocycles. The maximum Gasteiger partial charge on any atom is 0.273 e. The van der Waals surface area contributed by atoms with Gasteiger partial charge in [0.15, 0.2) is 0 Å². The van der Waals surface area contributed by atoms with Crippen LogP contribution in [0, 0.1) is 0 Å². The van der Waals surface area contributed by atoms with E-state index in [4.69, 9.17) is 0 Å². The molecule has 5 heteroatoms. The highest BCUT2D eigenvalue weighted by Gasteiger charge is 2.31. The smallest absolute Gasteiger partial charge is 0.273 e. The van der Waals surface area contributed by atoms with Crippen molar-refractivity contribution in [3.05, 3.63) is 46.7 Å². The highest BCUT2D eigenvalue weighted by molar-refractivity contribution is 7.07. The fourth-order valence-electron chi connectivity index (χ4n) is 2.39. The predicted octanol–water partition coefficient (Wildman–Crippen LogP) is 2.52. The number of hydrogen-bond acceptors (Lipinski definition) is 4. The first-order chi connectivity index (χ1) is 8.86. The number of nitrogens with zero attached hydrogens (tertiary/aromatic N) is 3. The third kappa shape index (κ3) is 2.01. The molecule has 0 N–H and O–H groups in total. The third-order valence-electron chi connectivity index (χ3n) is 3.23. The van der Waals surface area contributed by atoms with Crippen molar-refractivity contribution < 1.29 is 4.79 Å². The Morgan fingerprint density at radius 3 is 3.17 bits per heavy atom. The molecule has 0 radical (unpaired) electrons. The van der Waals surface area contributed by atoms with Gasteiger partial charge in [0.05, 0.1) is 11.6 Å². The van der Waals surface area contributed by atoms with Crippen LogP contribution in [0.3, 0.4) is 0 Å². The molecule has 0 bridgehead atoms. The monoisotopic (exact) mass is 259 g/mol. The molecule has 1 atom stereocenters. The van der Waals surface area contributed by atoms with Gasteiger partial charge in [0.2, 0.25) is 0 Å². The minimum Gasteiger partial charge on any atom is -0.330 e. The summed E-state index contributed by atoms with van der Waals surface area (Å²) in [6, 6.07) is 4.09. The second kappa shape index (κ2) is 4.86. The van der Waals surface area contributed by atoms with Crippen molar-refractivity contribution in [2.45, 2.75) is 18.9 Å². The zero-order valence-corrected chi connectivity index (χ0v) is 10.6. The Hall–Kier alpha value is -1.75. The van der Waals surface area contributed by atoms with Gasteiger partial charge in [-0.15, -0.1) is 11.3 Å². The molecule has 2 aromatic rings. The molecule has 1 aliphatic rings. The van der Waals surface area contributed by atoms with E-state index in [1.165, 1.54) is 11.3 Å². The second-order valence-corrected chi connectivity index (χ2v) is 5.04. The van der Waals surface area contributed by atoms with Gasteiger partial charge in [0, 0.05) is 24.3 Å². The largest absolute Gasteiger partial charge is 0.330 e. The highest BCUT2D eigenvalue weighted by Crippen LogP contribution is 2.32. The number of rotatable bonds is 2. The van der Waals surface area contributed by atoms with Gasteiger partial charge in [-0.3, -0.25) is 9.78 Å². The Labute approximate surface area is 109 Å². The zero-order chi connectivity index (χ0) is 12.4. The fourth-order valence-corrected chi connectivity index (χ4v) is 2.92. The molecule has 3 rings (SSSR count). The summed E-state index contributed by atoms with van der Waals surface area (Å²) in [6.45, 7) is 0.802. The zero-order valence-electron chi connectivity index (χ0n) is 9.82. The molecule has 0 spiro atoms. The maximum atomic E-state index is 12.3. The average molecular weight is 259 g/mol. The summed E-state index contributed by atoms with van der Waals surface area (Å²) in [5.74, 6) is 0.0302. The summed E-state index contributed by atoms with van der Waals surface area (Å²) in [7, 11) is 0. The first-order valence-corrected chi connectivity index (χ1v) is 6.89. The fraction of sp³-hybridized carbons (Fsp3) is 0.308. The Morgan fingerprint density at radius 2 is 2.44 bits per heavy atom. The topological polar surface area (TPSA) is 46.1 Å². The summed E-state index contributed by atoms with van der Waals surface area (Å²) in [5, 5.41) is 1.81. The number of carbonyl (C=O) groups is 1. The molecule has 0 aromatic carbocycles. The summed E-state index contributed by atoms with van der Waals surface area (Å²) < 4.78 is 0. The van der Waals surface area contributed by atoms with E-state index in [-0.39, 0.29) is 11.9 Å². The normalized spacial score (nSPS) is 19.1. The Balaban J connectivity index is 1.86. The molecule has 4 nitrogen and oxygen atoms in total. The van der Waals surface area contributed by atoms with Crippen LogP contribution in [-0.4, -0.2) is 27.3 Å². The lowest BCUT2D eigenvalue weighted by Gasteiger charge is -2.24. The number of carbonyl (C=O) groups excluding carboxylic acids is 1. The minimum absolute atomic E-state index is 0.0302.